The van der Waals surface area contributed by atoms with Crippen molar-refractivity contribution in [2.75, 3.05) is 0 Å². The monoisotopic (exact) mass is 317 g/mol. The van der Waals surface area contributed by atoms with E-state index in [4.69, 9.17) is 0 Å². The fraction of sp³-hybridized carbons (Fsp3) is 0.0952. The molecule has 2 nitrogen and oxygen atoms in total. The molecule has 0 unspecified atom stereocenters. The van der Waals surface area contributed by atoms with E-state index in [1.165, 1.54) is 6.07 Å². The number of hydrogen-bond donors (Lipinski definition) is 1. The zero-order valence-electron chi connectivity index (χ0n) is 13.0. The van der Waals surface area contributed by atoms with Crippen LogP contribution in [0.2, 0.25) is 0 Å². The molecule has 1 heterocycles. The molecule has 24 heavy (non-hydrogen) atoms. The Morgan fingerprint density at radius 2 is 1.79 bits per heavy atom. The molecule has 2 aromatic carbocycles. The van der Waals surface area contributed by atoms with Crippen molar-refractivity contribution < 1.29 is 9.50 Å². The molecule has 1 aliphatic carbocycles. The quantitative estimate of drug-likeness (QED) is 0.711. The summed E-state index contributed by atoms with van der Waals surface area (Å²) in [5.41, 5.74) is 6.16. The average molecular weight is 317 g/mol. The third-order valence-corrected chi connectivity index (χ3v) is 4.37. The Bertz CT molecular complexity index is 929. The molecule has 4 rings (SSSR count). The fourth-order valence-electron chi connectivity index (χ4n) is 3.21. The second-order valence-corrected chi connectivity index (χ2v) is 5.95. The SMILES string of the molecule is Oc1ccc(/C=C2\c3ccc(F)cc3CCc3ncccc32)cc1. The number of rotatable bonds is 1. The van der Waals surface area contributed by atoms with Gasteiger partial charge in [0.2, 0.25) is 0 Å². The molecule has 0 fully saturated rings. The molecule has 3 aromatic rings. The number of nitrogens with zero attached hydrogens (tertiary/aromatic N) is 1. The number of phenols is 1. The van der Waals surface area contributed by atoms with Crippen LogP contribution in [0.15, 0.2) is 60.8 Å². The zero-order valence-corrected chi connectivity index (χ0v) is 13.0. The fourth-order valence-corrected chi connectivity index (χ4v) is 3.21. The van der Waals surface area contributed by atoms with Crippen molar-refractivity contribution >= 4 is 11.6 Å². The van der Waals surface area contributed by atoms with Crippen LogP contribution in [-0.2, 0) is 12.8 Å². The van der Waals surface area contributed by atoms with Crippen LogP contribution in [0.4, 0.5) is 4.39 Å². The number of fused-ring (bicyclic) bond motifs is 2. The molecule has 0 saturated heterocycles. The van der Waals surface area contributed by atoms with Gasteiger partial charge in [-0.15, -0.1) is 0 Å². The van der Waals surface area contributed by atoms with Crippen LogP contribution < -0.4 is 0 Å². The summed E-state index contributed by atoms with van der Waals surface area (Å²) >= 11 is 0. The normalized spacial score (nSPS) is 14.8. The van der Waals surface area contributed by atoms with E-state index in [0.29, 0.717) is 0 Å². The molecular weight excluding hydrogens is 301 g/mol. The summed E-state index contributed by atoms with van der Waals surface area (Å²) in [6.07, 6.45) is 5.43. The molecule has 1 aromatic heterocycles. The van der Waals surface area contributed by atoms with Gasteiger partial charge < -0.3 is 5.11 Å². The Balaban J connectivity index is 1.95. The number of phenolic OH excluding ortho intramolecular Hbond substituents is 1. The molecule has 0 aliphatic heterocycles. The van der Waals surface area contributed by atoms with Crippen molar-refractivity contribution in [2.24, 2.45) is 0 Å². The van der Waals surface area contributed by atoms with Gasteiger partial charge in [-0.05, 0) is 71.5 Å². The minimum atomic E-state index is -0.211. The van der Waals surface area contributed by atoms with E-state index in [0.717, 1.165) is 46.4 Å². The highest BCUT2D eigenvalue weighted by molar-refractivity contribution is 5.93. The van der Waals surface area contributed by atoms with Gasteiger partial charge >= 0.3 is 0 Å². The van der Waals surface area contributed by atoms with Crippen LogP contribution in [0.3, 0.4) is 0 Å². The highest BCUT2D eigenvalue weighted by Gasteiger charge is 2.19. The van der Waals surface area contributed by atoms with Gasteiger partial charge in [-0.1, -0.05) is 24.3 Å². The summed E-state index contributed by atoms with van der Waals surface area (Å²) in [7, 11) is 0. The Morgan fingerprint density at radius 1 is 0.958 bits per heavy atom. The molecule has 0 amide bonds. The second-order valence-electron chi connectivity index (χ2n) is 5.95. The highest BCUT2D eigenvalue weighted by atomic mass is 19.1. The van der Waals surface area contributed by atoms with E-state index in [9.17, 15) is 9.50 Å². The summed E-state index contributed by atoms with van der Waals surface area (Å²) in [6, 6.07) is 16.0. The molecule has 0 saturated carbocycles. The van der Waals surface area contributed by atoms with Crippen LogP contribution in [0.25, 0.3) is 11.6 Å². The molecule has 0 atom stereocenters. The van der Waals surface area contributed by atoms with E-state index in [1.54, 1.807) is 24.4 Å². The number of pyridine rings is 1. The molecular formula is C21H16FNO. The number of aromatic hydroxyl groups is 1. The number of aryl methyl sites for hydroxylation is 2. The first-order valence-electron chi connectivity index (χ1n) is 7.94. The van der Waals surface area contributed by atoms with Gasteiger partial charge in [0.15, 0.2) is 0 Å². The predicted molar refractivity (Wildman–Crippen MR) is 93.1 cm³/mol. The summed E-state index contributed by atoms with van der Waals surface area (Å²) in [5.74, 6) is 0.0270. The lowest BCUT2D eigenvalue weighted by atomic mass is 9.93. The molecule has 1 N–H and O–H groups in total. The topological polar surface area (TPSA) is 33.1 Å². The average Bonchev–Trinajstić information content (AvgIpc) is 2.74. The Morgan fingerprint density at radius 3 is 2.62 bits per heavy atom. The minimum Gasteiger partial charge on any atom is -0.508 e. The summed E-state index contributed by atoms with van der Waals surface area (Å²) < 4.78 is 13.7. The molecule has 0 bridgehead atoms. The number of aromatic nitrogens is 1. The molecule has 0 radical (unpaired) electrons. The Kier molecular flexibility index (Phi) is 3.62. The summed E-state index contributed by atoms with van der Waals surface area (Å²) in [5, 5.41) is 9.48. The zero-order chi connectivity index (χ0) is 16.5. The molecule has 118 valence electrons. The standard InChI is InChI=1S/C21H16FNO/c22-16-6-9-18-15(13-16)5-10-21-19(2-1-11-23-21)20(18)12-14-3-7-17(24)8-4-14/h1-4,6-9,11-13,24H,5,10H2/b20-12+. The van der Waals surface area contributed by atoms with E-state index >= 15 is 0 Å². The highest BCUT2D eigenvalue weighted by Crippen LogP contribution is 2.34. The lowest BCUT2D eigenvalue weighted by Crippen LogP contribution is -1.95. The number of benzene rings is 2. The van der Waals surface area contributed by atoms with Crippen molar-refractivity contribution in [3.63, 3.8) is 0 Å². The summed E-state index contributed by atoms with van der Waals surface area (Å²) in [4.78, 5) is 4.52. The van der Waals surface area contributed by atoms with E-state index in [2.05, 4.69) is 17.1 Å². The second kappa shape index (κ2) is 5.93. The molecule has 3 heteroatoms. The van der Waals surface area contributed by atoms with Crippen LogP contribution >= 0.6 is 0 Å². The predicted octanol–water partition coefficient (Wildman–Crippen LogP) is 4.61. The van der Waals surface area contributed by atoms with Gasteiger partial charge in [0.1, 0.15) is 11.6 Å². The summed E-state index contributed by atoms with van der Waals surface area (Å²) in [6.45, 7) is 0. The van der Waals surface area contributed by atoms with Gasteiger partial charge in [-0.25, -0.2) is 4.39 Å². The smallest absolute Gasteiger partial charge is 0.123 e. The third kappa shape index (κ3) is 2.69. The lowest BCUT2D eigenvalue weighted by molar-refractivity contribution is 0.475. The Labute approximate surface area is 139 Å². The van der Waals surface area contributed by atoms with Crippen molar-refractivity contribution in [3.05, 3.63) is 94.6 Å². The van der Waals surface area contributed by atoms with Crippen molar-refractivity contribution in [3.8, 4) is 5.75 Å². The van der Waals surface area contributed by atoms with E-state index in [1.807, 2.05) is 24.3 Å². The lowest BCUT2D eigenvalue weighted by Gasteiger charge is -2.12. The first kappa shape index (κ1) is 14.6. The van der Waals surface area contributed by atoms with Gasteiger partial charge in [0.25, 0.3) is 0 Å². The van der Waals surface area contributed by atoms with Crippen LogP contribution in [0, 0.1) is 5.82 Å². The van der Waals surface area contributed by atoms with Gasteiger partial charge in [0, 0.05) is 17.5 Å². The largest absolute Gasteiger partial charge is 0.508 e. The van der Waals surface area contributed by atoms with Crippen molar-refractivity contribution in [1.29, 1.82) is 0 Å². The maximum atomic E-state index is 13.7. The van der Waals surface area contributed by atoms with Crippen LogP contribution in [0.5, 0.6) is 5.75 Å². The number of hydrogen-bond acceptors (Lipinski definition) is 2. The third-order valence-electron chi connectivity index (χ3n) is 4.37. The minimum absolute atomic E-state index is 0.211. The molecule has 1 aliphatic rings. The number of halogens is 1. The van der Waals surface area contributed by atoms with E-state index in [-0.39, 0.29) is 11.6 Å². The first-order valence-corrected chi connectivity index (χ1v) is 7.94. The van der Waals surface area contributed by atoms with Crippen molar-refractivity contribution in [2.45, 2.75) is 12.8 Å². The van der Waals surface area contributed by atoms with Crippen LogP contribution in [-0.4, -0.2) is 10.1 Å². The van der Waals surface area contributed by atoms with Crippen molar-refractivity contribution in [1.82, 2.24) is 4.98 Å². The Hall–Kier alpha value is -2.94. The maximum Gasteiger partial charge on any atom is 0.123 e. The molecule has 0 spiro atoms. The van der Waals surface area contributed by atoms with Crippen LogP contribution in [0.1, 0.15) is 27.9 Å². The van der Waals surface area contributed by atoms with Gasteiger partial charge in [-0.2, -0.15) is 0 Å². The van der Waals surface area contributed by atoms with Gasteiger partial charge in [0.05, 0.1) is 0 Å². The van der Waals surface area contributed by atoms with E-state index < -0.39 is 0 Å². The first-order chi connectivity index (χ1) is 11.7. The maximum absolute atomic E-state index is 13.7. The van der Waals surface area contributed by atoms with Gasteiger partial charge in [-0.3, -0.25) is 4.98 Å².